The van der Waals surface area contributed by atoms with Crippen molar-refractivity contribution in [2.24, 2.45) is 0 Å². The monoisotopic (exact) mass is 388 g/mol. The molecule has 6 heteroatoms. The standard InChI is InChI=1S/C13H6BrClOS3/c14-11-3-1-9(17-11)13-7(6-16)5-10(19-13)8-2-4-12(15)18-8/h1-6H. The van der Waals surface area contributed by atoms with Gasteiger partial charge in [-0.25, -0.2) is 0 Å². The highest BCUT2D eigenvalue weighted by atomic mass is 79.9. The Bertz CT molecular complexity index is 741. The molecule has 96 valence electrons. The van der Waals surface area contributed by atoms with Crippen molar-refractivity contribution in [3.8, 4) is 19.5 Å². The number of aldehydes is 1. The van der Waals surface area contributed by atoms with Gasteiger partial charge in [-0.15, -0.1) is 34.0 Å². The van der Waals surface area contributed by atoms with E-state index in [0.29, 0.717) is 0 Å². The Morgan fingerprint density at radius 3 is 2.37 bits per heavy atom. The first-order valence-corrected chi connectivity index (χ1v) is 8.90. The van der Waals surface area contributed by atoms with E-state index < -0.39 is 0 Å². The van der Waals surface area contributed by atoms with E-state index in [2.05, 4.69) is 15.9 Å². The Hall–Kier alpha value is -0.460. The molecule has 0 bridgehead atoms. The lowest BCUT2D eigenvalue weighted by molar-refractivity contribution is 0.112. The third-order valence-electron chi connectivity index (χ3n) is 2.50. The summed E-state index contributed by atoms with van der Waals surface area (Å²) in [6, 6.07) is 9.82. The summed E-state index contributed by atoms with van der Waals surface area (Å²) in [6.45, 7) is 0. The second kappa shape index (κ2) is 5.50. The molecule has 0 atom stereocenters. The van der Waals surface area contributed by atoms with Crippen molar-refractivity contribution in [3.63, 3.8) is 0 Å². The molecule has 0 saturated carbocycles. The van der Waals surface area contributed by atoms with E-state index in [0.717, 1.165) is 39.5 Å². The summed E-state index contributed by atoms with van der Waals surface area (Å²) in [5, 5.41) is 0. The van der Waals surface area contributed by atoms with Crippen LogP contribution in [0.2, 0.25) is 4.34 Å². The molecule has 0 aromatic carbocycles. The van der Waals surface area contributed by atoms with Crippen LogP contribution in [-0.2, 0) is 0 Å². The predicted octanol–water partition coefficient (Wildman–Crippen LogP) is 6.43. The molecule has 3 aromatic rings. The first-order valence-electron chi connectivity index (χ1n) is 5.28. The molecule has 3 heterocycles. The minimum Gasteiger partial charge on any atom is -0.298 e. The van der Waals surface area contributed by atoms with Crippen LogP contribution in [0, 0.1) is 0 Å². The second-order valence-electron chi connectivity index (χ2n) is 3.72. The lowest BCUT2D eigenvalue weighted by atomic mass is 10.2. The normalized spacial score (nSPS) is 10.8. The topological polar surface area (TPSA) is 17.1 Å². The van der Waals surface area contributed by atoms with Crippen LogP contribution in [0.4, 0.5) is 0 Å². The van der Waals surface area contributed by atoms with Gasteiger partial charge in [-0.3, -0.25) is 4.79 Å². The van der Waals surface area contributed by atoms with E-state index in [1.165, 1.54) is 11.3 Å². The van der Waals surface area contributed by atoms with Gasteiger partial charge in [-0.05, 0) is 46.3 Å². The maximum atomic E-state index is 11.2. The molecule has 3 rings (SSSR count). The van der Waals surface area contributed by atoms with Crippen LogP contribution < -0.4 is 0 Å². The number of hydrogen-bond donors (Lipinski definition) is 0. The van der Waals surface area contributed by atoms with E-state index in [1.54, 1.807) is 22.7 Å². The highest BCUT2D eigenvalue weighted by Gasteiger charge is 2.14. The molecule has 0 aliphatic rings. The van der Waals surface area contributed by atoms with Gasteiger partial charge in [0.05, 0.1) is 13.0 Å². The van der Waals surface area contributed by atoms with E-state index in [9.17, 15) is 4.79 Å². The van der Waals surface area contributed by atoms with Crippen molar-refractivity contribution in [1.82, 2.24) is 0 Å². The number of hydrogen-bond acceptors (Lipinski definition) is 4. The molecule has 0 saturated heterocycles. The number of thiophene rings is 3. The SMILES string of the molecule is O=Cc1cc(-c2ccc(Cl)s2)sc1-c1ccc(Br)s1. The van der Waals surface area contributed by atoms with Gasteiger partial charge in [-0.1, -0.05) is 11.6 Å². The van der Waals surface area contributed by atoms with Gasteiger partial charge >= 0.3 is 0 Å². The minimum absolute atomic E-state index is 0.735. The molecular weight excluding hydrogens is 384 g/mol. The molecule has 0 amide bonds. The summed E-state index contributed by atoms with van der Waals surface area (Å²) in [4.78, 5) is 15.5. The summed E-state index contributed by atoms with van der Waals surface area (Å²) in [6.07, 6.45) is 0.915. The summed E-state index contributed by atoms with van der Waals surface area (Å²) >= 11 is 14.2. The average molecular weight is 390 g/mol. The van der Waals surface area contributed by atoms with Crippen LogP contribution in [0.3, 0.4) is 0 Å². The maximum absolute atomic E-state index is 11.2. The smallest absolute Gasteiger partial charge is 0.151 e. The zero-order valence-electron chi connectivity index (χ0n) is 9.35. The van der Waals surface area contributed by atoms with Crippen molar-refractivity contribution in [2.45, 2.75) is 0 Å². The van der Waals surface area contributed by atoms with Crippen molar-refractivity contribution < 1.29 is 4.79 Å². The zero-order chi connectivity index (χ0) is 13.4. The van der Waals surface area contributed by atoms with Gasteiger partial charge in [-0.2, -0.15) is 0 Å². The molecule has 0 unspecified atom stereocenters. The summed E-state index contributed by atoms with van der Waals surface area (Å²) in [7, 11) is 0. The predicted molar refractivity (Wildman–Crippen MR) is 89.0 cm³/mol. The zero-order valence-corrected chi connectivity index (χ0v) is 14.1. The molecule has 0 fully saturated rings. The summed E-state index contributed by atoms with van der Waals surface area (Å²) < 4.78 is 1.82. The van der Waals surface area contributed by atoms with E-state index in [4.69, 9.17) is 11.6 Å². The minimum atomic E-state index is 0.735. The fourth-order valence-corrected chi connectivity index (χ4v) is 5.46. The molecule has 0 radical (unpaired) electrons. The Morgan fingerprint density at radius 2 is 1.79 bits per heavy atom. The number of carbonyl (C=O) groups excluding carboxylic acids is 1. The van der Waals surface area contributed by atoms with Gasteiger partial charge in [0.2, 0.25) is 0 Å². The van der Waals surface area contributed by atoms with Crippen LogP contribution in [0.1, 0.15) is 10.4 Å². The molecule has 1 nitrogen and oxygen atoms in total. The molecule has 3 aromatic heterocycles. The molecule has 0 aliphatic carbocycles. The maximum Gasteiger partial charge on any atom is 0.151 e. The van der Waals surface area contributed by atoms with Crippen LogP contribution in [0.15, 0.2) is 34.1 Å². The number of halogens is 2. The third kappa shape index (κ3) is 2.71. The lowest BCUT2D eigenvalue weighted by Crippen LogP contribution is -1.75. The molecule has 19 heavy (non-hydrogen) atoms. The summed E-state index contributed by atoms with van der Waals surface area (Å²) in [5.41, 5.74) is 0.735. The molecular formula is C13H6BrClOS3. The Balaban J connectivity index is 2.10. The second-order valence-corrected chi connectivity index (χ2v) is 8.95. The number of rotatable bonds is 3. The van der Waals surface area contributed by atoms with Gasteiger partial charge in [0.25, 0.3) is 0 Å². The highest BCUT2D eigenvalue weighted by molar-refractivity contribution is 9.11. The van der Waals surface area contributed by atoms with E-state index in [-0.39, 0.29) is 0 Å². The van der Waals surface area contributed by atoms with Gasteiger partial charge in [0, 0.05) is 20.2 Å². The van der Waals surface area contributed by atoms with Crippen LogP contribution in [0.5, 0.6) is 0 Å². The van der Waals surface area contributed by atoms with Crippen LogP contribution in [-0.4, -0.2) is 6.29 Å². The number of carbonyl (C=O) groups is 1. The third-order valence-corrected chi connectivity index (χ3v) is 6.88. The Labute approximate surface area is 135 Å². The van der Waals surface area contributed by atoms with E-state index in [1.807, 2.05) is 30.3 Å². The van der Waals surface area contributed by atoms with Crippen molar-refractivity contribution in [2.75, 3.05) is 0 Å². The lowest BCUT2D eigenvalue weighted by Gasteiger charge is -1.92. The quantitative estimate of drug-likeness (QED) is 0.471. The highest BCUT2D eigenvalue weighted by Crippen LogP contribution is 2.43. The van der Waals surface area contributed by atoms with Crippen LogP contribution in [0.25, 0.3) is 19.5 Å². The first-order chi connectivity index (χ1) is 9.17. The van der Waals surface area contributed by atoms with E-state index >= 15 is 0 Å². The summed E-state index contributed by atoms with van der Waals surface area (Å²) in [5.74, 6) is 0. The largest absolute Gasteiger partial charge is 0.298 e. The van der Waals surface area contributed by atoms with Gasteiger partial charge in [0.1, 0.15) is 0 Å². The first kappa shape index (κ1) is 13.5. The van der Waals surface area contributed by atoms with Crippen molar-refractivity contribution in [3.05, 3.63) is 44.0 Å². The Morgan fingerprint density at radius 1 is 1.00 bits per heavy atom. The van der Waals surface area contributed by atoms with Crippen molar-refractivity contribution >= 4 is 67.8 Å². The molecule has 0 spiro atoms. The molecule has 0 N–H and O–H groups in total. The average Bonchev–Trinajstić information content (AvgIpc) is 3.07. The Kier molecular flexibility index (Phi) is 3.91. The van der Waals surface area contributed by atoms with Crippen molar-refractivity contribution in [1.29, 1.82) is 0 Å². The van der Waals surface area contributed by atoms with Gasteiger partial charge in [0.15, 0.2) is 6.29 Å². The molecule has 0 aliphatic heterocycles. The fourth-order valence-electron chi connectivity index (χ4n) is 1.69. The fraction of sp³-hybridized carbons (Fsp3) is 0. The van der Waals surface area contributed by atoms with Gasteiger partial charge < -0.3 is 0 Å². The van der Waals surface area contributed by atoms with Crippen LogP contribution >= 0.6 is 61.5 Å².